The van der Waals surface area contributed by atoms with Crippen molar-refractivity contribution >= 4 is 29.4 Å². The van der Waals surface area contributed by atoms with Gasteiger partial charge in [0.15, 0.2) is 0 Å². The zero-order valence-corrected chi connectivity index (χ0v) is 8.34. The van der Waals surface area contributed by atoms with E-state index in [0.29, 0.717) is 0 Å². The third-order valence-corrected chi connectivity index (χ3v) is 5.75. The van der Waals surface area contributed by atoms with Crippen LogP contribution in [0.1, 0.15) is 6.42 Å². The second-order valence-electron chi connectivity index (χ2n) is 3.15. The molecular formula is C7H12N2OS2. The molecule has 0 saturated carbocycles. The molecule has 0 aliphatic carbocycles. The monoisotopic (exact) mass is 204 g/mol. The molecular weight excluding hydrogens is 192 g/mol. The summed E-state index contributed by atoms with van der Waals surface area (Å²) in [5.41, 5.74) is 5.23. The van der Waals surface area contributed by atoms with Crippen LogP contribution in [0.5, 0.6) is 0 Å². The highest BCUT2D eigenvalue weighted by molar-refractivity contribution is 8.21. The molecule has 0 radical (unpaired) electrons. The summed E-state index contributed by atoms with van der Waals surface area (Å²) in [5.74, 6) is 2.20. The Balaban J connectivity index is 2.01. The average molecular weight is 204 g/mol. The summed E-state index contributed by atoms with van der Waals surface area (Å²) in [7, 11) is 0. The molecule has 3 N–H and O–H groups in total. The Hall–Kier alpha value is 0.130. The molecule has 12 heavy (non-hydrogen) atoms. The molecule has 1 spiro atoms. The van der Waals surface area contributed by atoms with Gasteiger partial charge >= 0.3 is 0 Å². The molecule has 2 saturated heterocycles. The molecule has 2 aliphatic rings. The van der Waals surface area contributed by atoms with Crippen molar-refractivity contribution < 1.29 is 4.79 Å². The highest BCUT2D eigenvalue weighted by atomic mass is 32.2. The highest BCUT2D eigenvalue weighted by Crippen LogP contribution is 2.48. The number of amides is 1. The molecule has 0 aromatic rings. The quantitative estimate of drug-likeness (QED) is 0.632. The van der Waals surface area contributed by atoms with Gasteiger partial charge in [0.05, 0.1) is 10.1 Å². The minimum atomic E-state index is -0.208. The van der Waals surface area contributed by atoms with E-state index in [1.807, 2.05) is 23.5 Å². The van der Waals surface area contributed by atoms with Crippen molar-refractivity contribution in [3.8, 4) is 0 Å². The van der Waals surface area contributed by atoms with Crippen molar-refractivity contribution in [3.05, 3.63) is 0 Å². The van der Waals surface area contributed by atoms with Gasteiger partial charge in [-0.2, -0.15) is 0 Å². The first-order chi connectivity index (χ1) is 5.72. The summed E-state index contributed by atoms with van der Waals surface area (Å²) < 4.78 is 0.264. The molecule has 2 aliphatic heterocycles. The fourth-order valence-corrected chi connectivity index (χ4v) is 4.84. The van der Waals surface area contributed by atoms with Crippen LogP contribution in [0, 0.1) is 0 Å². The number of primary amides is 1. The molecule has 0 bridgehead atoms. The lowest BCUT2D eigenvalue weighted by atomic mass is 10.2. The van der Waals surface area contributed by atoms with Gasteiger partial charge in [-0.1, -0.05) is 0 Å². The van der Waals surface area contributed by atoms with Crippen LogP contribution in [0.25, 0.3) is 0 Å². The van der Waals surface area contributed by atoms with Crippen LogP contribution < -0.4 is 11.1 Å². The van der Waals surface area contributed by atoms with Gasteiger partial charge < -0.3 is 11.1 Å². The van der Waals surface area contributed by atoms with Crippen LogP contribution >= 0.6 is 23.5 Å². The number of carbonyl (C=O) groups is 1. The third kappa shape index (κ3) is 1.45. The molecule has 0 aromatic carbocycles. The van der Waals surface area contributed by atoms with Crippen molar-refractivity contribution in [1.82, 2.24) is 5.32 Å². The Bertz CT molecular complexity index is 204. The van der Waals surface area contributed by atoms with Gasteiger partial charge in [0.1, 0.15) is 0 Å². The number of nitrogens with two attached hydrogens (primary N) is 1. The predicted molar refractivity (Wildman–Crippen MR) is 53.2 cm³/mol. The summed E-state index contributed by atoms with van der Waals surface area (Å²) in [6.07, 6.45) is 0.900. The Morgan fingerprint density at radius 3 is 2.67 bits per heavy atom. The minimum absolute atomic E-state index is 0.0944. The molecule has 2 heterocycles. The molecule has 3 nitrogen and oxygen atoms in total. The fourth-order valence-electron chi connectivity index (χ4n) is 1.65. The topological polar surface area (TPSA) is 55.1 Å². The van der Waals surface area contributed by atoms with Gasteiger partial charge in [0.2, 0.25) is 5.91 Å². The molecule has 68 valence electrons. The maximum atomic E-state index is 10.9. The van der Waals surface area contributed by atoms with Crippen molar-refractivity contribution in [3.63, 3.8) is 0 Å². The van der Waals surface area contributed by atoms with Crippen molar-refractivity contribution in [1.29, 1.82) is 0 Å². The minimum Gasteiger partial charge on any atom is -0.368 e. The van der Waals surface area contributed by atoms with Crippen LogP contribution in [0.3, 0.4) is 0 Å². The predicted octanol–water partition coefficient (Wildman–Crippen LogP) is 0.00990. The van der Waals surface area contributed by atoms with Crippen molar-refractivity contribution in [2.45, 2.75) is 16.5 Å². The van der Waals surface area contributed by atoms with E-state index in [2.05, 4.69) is 5.32 Å². The van der Waals surface area contributed by atoms with E-state index in [4.69, 9.17) is 5.73 Å². The van der Waals surface area contributed by atoms with E-state index in [-0.39, 0.29) is 16.0 Å². The Morgan fingerprint density at radius 1 is 1.50 bits per heavy atom. The first-order valence-electron chi connectivity index (χ1n) is 4.02. The van der Waals surface area contributed by atoms with Gasteiger partial charge in [0.25, 0.3) is 0 Å². The van der Waals surface area contributed by atoms with E-state index >= 15 is 0 Å². The summed E-state index contributed by atoms with van der Waals surface area (Å²) in [5, 5.41) is 3.17. The molecule has 0 unspecified atom stereocenters. The van der Waals surface area contributed by atoms with Gasteiger partial charge in [-0.15, -0.1) is 23.5 Å². The second kappa shape index (κ2) is 3.12. The van der Waals surface area contributed by atoms with Gasteiger partial charge in [-0.3, -0.25) is 4.79 Å². The fraction of sp³-hybridized carbons (Fsp3) is 0.857. The lowest BCUT2D eigenvalue weighted by molar-refractivity contribution is -0.119. The summed E-state index contributed by atoms with van der Waals surface area (Å²) in [4.78, 5) is 10.9. The molecule has 0 aromatic heterocycles. The van der Waals surface area contributed by atoms with E-state index in [1.165, 1.54) is 11.5 Å². The zero-order valence-electron chi connectivity index (χ0n) is 6.71. The van der Waals surface area contributed by atoms with Gasteiger partial charge in [-0.25, -0.2) is 0 Å². The van der Waals surface area contributed by atoms with Crippen LogP contribution in [0.15, 0.2) is 0 Å². The van der Waals surface area contributed by atoms with Crippen LogP contribution in [0.2, 0.25) is 0 Å². The Labute approximate surface area is 80.2 Å². The number of thioether (sulfide) groups is 2. The van der Waals surface area contributed by atoms with Crippen LogP contribution in [-0.4, -0.2) is 34.1 Å². The van der Waals surface area contributed by atoms with Crippen LogP contribution in [0.4, 0.5) is 0 Å². The lowest BCUT2D eigenvalue weighted by Gasteiger charge is -2.18. The molecule has 2 fully saturated rings. The molecule has 1 atom stereocenters. The van der Waals surface area contributed by atoms with E-state index in [9.17, 15) is 4.79 Å². The number of carbonyl (C=O) groups excluding carboxylic acids is 1. The van der Waals surface area contributed by atoms with E-state index in [0.717, 1.165) is 13.0 Å². The maximum absolute atomic E-state index is 10.9. The van der Waals surface area contributed by atoms with E-state index < -0.39 is 0 Å². The van der Waals surface area contributed by atoms with Crippen LogP contribution in [-0.2, 0) is 4.79 Å². The standard InChI is InChI=1S/C7H12N2OS2/c8-6(10)5-3-7(4-9-5)11-1-2-12-7/h5,9H,1-4H2,(H2,8,10)/t5-/m0/s1. The number of nitrogens with one attached hydrogen (secondary N) is 1. The van der Waals surface area contributed by atoms with E-state index in [1.54, 1.807) is 0 Å². The lowest BCUT2D eigenvalue weighted by Crippen LogP contribution is -2.36. The first-order valence-corrected chi connectivity index (χ1v) is 6.00. The first kappa shape index (κ1) is 8.72. The maximum Gasteiger partial charge on any atom is 0.234 e. The van der Waals surface area contributed by atoms with Gasteiger partial charge in [-0.05, 0) is 6.42 Å². The molecule has 1 amide bonds. The second-order valence-corrected chi connectivity index (χ2v) is 6.36. The number of hydrogen-bond donors (Lipinski definition) is 2. The Kier molecular flexibility index (Phi) is 2.27. The summed E-state index contributed by atoms with van der Waals surface area (Å²) >= 11 is 3.93. The van der Waals surface area contributed by atoms with Crippen molar-refractivity contribution in [2.75, 3.05) is 18.1 Å². The summed E-state index contributed by atoms with van der Waals surface area (Å²) in [6, 6.07) is -0.0944. The number of rotatable bonds is 1. The smallest absolute Gasteiger partial charge is 0.234 e. The zero-order chi connectivity index (χ0) is 8.60. The molecule has 5 heteroatoms. The average Bonchev–Trinajstić information content (AvgIpc) is 2.62. The van der Waals surface area contributed by atoms with Gasteiger partial charge in [0, 0.05) is 18.1 Å². The SMILES string of the molecule is NC(=O)[C@@H]1CC2(CN1)SCCS2. The van der Waals surface area contributed by atoms with Crippen molar-refractivity contribution in [2.24, 2.45) is 5.73 Å². The third-order valence-electron chi connectivity index (χ3n) is 2.29. The Morgan fingerprint density at radius 2 is 2.17 bits per heavy atom. The summed E-state index contributed by atoms with van der Waals surface area (Å²) in [6.45, 7) is 0.927. The largest absolute Gasteiger partial charge is 0.368 e. The highest BCUT2D eigenvalue weighted by Gasteiger charge is 2.44. The number of hydrogen-bond acceptors (Lipinski definition) is 4. The molecule has 2 rings (SSSR count). The normalized spacial score (nSPS) is 32.8.